The molecule has 1 aliphatic heterocycles. The molecule has 2 rings (SSSR count). The summed E-state index contributed by atoms with van der Waals surface area (Å²) >= 11 is 2.10. The van der Waals surface area contributed by atoms with Crippen molar-refractivity contribution in [1.29, 1.82) is 0 Å². The van der Waals surface area contributed by atoms with Crippen LogP contribution >= 0.6 is 11.8 Å². The van der Waals surface area contributed by atoms with Crippen molar-refractivity contribution in [3.8, 4) is 0 Å². The number of likely N-dealkylation sites (N-methyl/N-ethyl adjacent to an activating group) is 2. The SMILES string of the molecule is CNC(CCCc1ccccc1)C1CSCCN1C. The average Bonchev–Trinajstić information content (AvgIpc) is 2.46. The van der Waals surface area contributed by atoms with Gasteiger partial charge in [0.25, 0.3) is 0 Å². The Morgan fingerprint density at radius 2 is 2.16 bits per heavy atom. The fourth-order valence-electron chi connectivity index (χ4n) is 2.83. The Bertz CT molecular complexity index is 355. The first-order chi connectivity index (χ1) is 9.31. The van der Waals surface area contributed by atoms with E-state index in [2.05, 4.69) is 66.4 Å². The van der Waals surface area contributed by atoms with Crippen molar-refractivity contribution in [2.45, 2.75) is 31.3 Å². The second-order valence-corrected chi connectivity index (χ2v) is 6.55. The fraction of sp³-hybridized carbons (Fsp3) is 0.625. The lowest BCUT2D eigenvalue weighted by molar-refractivity contribution is 0.212. The van der Waals surface area contributed by atoms with Gasteiger partial charge in [0.05, 0.1) is 0 Å². The highest BCUT2D eigenvalue weighted by Gasteiger charge is 2.26. The van der Waals surface area contributed by atoms with Crippen LogP contribution in [0.5, 0.6) is 0 Å². The lowest BCUT2D eigenvalue weighted by Gasteiger charge is -2.37. The molecule has 1 aromatic rings. The van der Waals surface area contributed by atoms with Crippen LogP contribution in [-0.2, 0) is 6.42 Å². The molecule has 2 nitrogen and oxygen atoms in total. The molecule has 1 saturated heterocycles. The van der Waals surface area contributed by atoms with Gasteiger partial charge in [-0.3, -0.25) is 0 Å². The van der Waals surface area contributed by atoms with Crippen LogP contribution in [0.3, 0.4) is 0 Å². The average molecular weight is 278 g/mol. The van der Waals surface area contributed by atoms with Gasteiger partial charge in [0.1, 0.15) is 0 Å². The molecule has 0 aliphatic carbocycles. The maximum Gasteiger partial charge on any atom is 0.0337 e. The molecule has 0 radical (unpaired) electrons. The molecule has 0 bridgehead atoms. The molecule has 0 amide bonds. The van der Waals surface area contributed by atoms with Crippen LogP contribution in [0.25, 0.3) is 0 Å². The summed E-state index contributed by atoms with van der Waals surface area (Å²) in [5, 5.41) is 3.53. The maximum absolute atomic E-state index is 3.53. The highest BCUT2D eigenvalue weighted by Crippen LogP contribution is 2.20. The van der Waals surface area contributed by atoms with Crippen LogP contribution in [-0.4, -0.2) is 49.1 Å². The molecule has 1 fully saturated rings. The van der Waals surface area contributed by atoms with Crippen molar-refractivity contribution >= 4 is 11.8 Å². The zero-order valence-corrected chi connectivity index (χ0v) is 13.0. The minimum Gasteiger partial charge on any atom is -0.315 e. The van der Waals surface area contributed by atoms with E-state index in [-0.39, 0.29) is 0 Å². The first kappa shape index (κ1) is 14.9. The lowest BCUT2D eigenvalue weighted by atomic mass is 9.99. The molecule has 0 saturated carbocycles. The number of rotatable bonds is 6. The Morgan fingerprint density at radius 3 is 2.84 bits per heavy atom. The van der Waals surface area contributed by atoms with Crippen LogP contribution in [0, 0.1) is 0 Å². The smallest absolute Gasteiger partial charge is 0.0337 e. The molecule has 1 N–H and O–H groups in total. The Labute approximate surface area is 122 Å². The van der Waals surface area contributed by atoms with Crippen molar-refractivity contribution in [3.05, 3.63) is 35.9 Å². The summed E-state index contributed by atoms with van der Waals surface area (Å²) in [5.74, 6) is 2.56. The zero-order chi connectivity index (χ0) is 13.5. The fourth-order valence-corrected chi connectivity index (χ4v) is 4.14. The van der Waals surface area contributed by atoms with E-state index in [0.717, 1.165) is 0 Å². The number of aryl methyl sites for hydroxylation is 1. The minimum absolute atomic E-state index is 0.626. The molecule has 0 spiro atoms. The van der Waals surface area contributed by atoms with Crippen molar-refractivity contribution in [1.82, 2.24) is 10.2 Å². The third-order valence-corrected chi connectivity index (χ3v) is 5.15. The summed E-state index contributed by atoms with van der Waals surface area (Å²) < 4.78 is 0. The topological polar surface area (TPSA) is 15.3 Å². The van der Waals surface area contributed by atoms with Gasteiger partial charge in [-0.25, -0.2) is 0 Å². The summed E-state index contributed by atoms with van der Waals surface area (Å²) in [5.41, 5.74) is 1.46. The highest BCUT2D eigenvalue weighted by atomic mass is 32.2. The van der Waals surface area contributed by atoms with Crippen LogP contribution in [0.15, 0.2) is 30.3 Å². The van der Waals surface area contributed by atoms with E-state index in [1.54, 1.807) is 0 Å². The van der Waals surface area contributed by atoms with Crippen LogP contribution in [0.4, 0.5) is 0 Å². The minimum atomic E-state index is 0.626. The molecule has 1 aromatic carbocycles. The van der Waals surface area contributed by atoms with E-state index in [9.17, 15) is 0 Å². The summed E-state index contributed by atoms with van der Waals surface area (Å²) in [4.78, 5) is 2.53. The van der Waals surface area contributed by atoms with Gasteiger partial charge in [-0.1, -0.05) is 30.3 Å². The third kappa shape index (κ3) is 4.51. The summed E-state index contributed by atoms with van der Waals surface area (Å²) in [6, 6.07) is 12.1. The monoisotopic (exact) mass is 278 g/mol. The van der Waals surface area contributed by atoms with E-state index >= 15 is 0 Å². The molecule has 3 heteroatoms. The molecule has 19 heavy (non-hydrogen) atoms. The second kappa shape index (κ2) is 7.93. The number of benzene rings is 1. The Hall–Kier alpha value is -0.510. The summed E-state index contributed by atoms with van der Waals surface area (Å²) in [6.07, 6.45) is 3.73. The van der Waals surface area contributed by atoms with Crippen molar-refractivity contribution in [2.75, 3.05) is 32.1 Å². The molecule has 2 unspecified atom stereocenters. The Morgan fingerprint density at radius 1 is 1.37 bits per heavy atom. The van der Waals surface area contributed by atoms with Gasteiger partial charge in [0.2, 0.25) is 0 Å². The molecule has 0 aromatic heterocycles. The Kier molecular flexibility index (Phi) is 6.21. The quantitative estimate of drug-likeness (QED) is 0.861. The standard InChI is InChI=1S/C16H26N2S/c1-17-15(16-13-19-12-11-18(16)2)10-6-9-14-7-4-3-5-8-14/h3-5,7-8,15-17H,6,9-13H2,1-2H3. The van der Waals surface area contributed by atoms with Gasteiger partial charge in [0, 0.05) is 30.1 Å². The van der Waals surface area contributed by atoms with Gasteiger partial charge in [-0.15, -0.1) is 0 Å². The van der Waals surface area contributed by atoms with E-state index in [4.69, 9.17) is 0 Å². The first-order valence-corrected chi connectivity index (χ1v) is 8.46. The number of nitrogens with zero attached hydrogens (tertiary/aromatic N) is 1. The second-order valence-electron chi connectivity index (χ2n) is 5.40. The summed E-state index contributed by atoms with van der Waals surface area (Å²) in [7, 11) is 4.38. The van der Waals surface area contributed by atoms with E-state index < -0.39 is 0 Å². The van der Waals surface area contributed by atoms with Crippen LogP contribution in [0.2, 0.25) is 0 Å². The predicted molar refractivity (Wildman–Crippen MR) is 86.0 cm³/mol. The van der Waals surface area contributed by atoms with E-state index in [1.165, 1.54) is 42.9 Å². The van der Waals surface area contributed by atoms with E-state index in [0.29, 0.717) is 12.1 Å². The van der Waals surface area contributed by atoms with Gasteiger partial charge >= 0.3 is 0 Å². The van der Waals surface area contributed by atoms with Crippen molar-refractivity contribution in [3.63, 3.8) is 0 Å². The van der Waals surface area contributed by atoms with Gasteiger partial charge < -0.3 is 10.2 Å². The predicted octanol–water partition coefficient (Wildman–Crippen LogP) is 2.64. The molecular weight excluding hydrogens is 252 g/mol. The van der Waals surface area contributed by atoms with Crippen molar-refractivity contribution in [2.24, 2.45) is 0 Å². The third-order valence-electron chi connectivity index (χ3n) is 4.10. The molecule has 1 aliphatic rings. The van der Waals surface area contributed by atoms with Crippen LogP contribution < -0.4 is 5.32 Å². The van der Waals surface area contributed by atoms with E-state index in [1.807, 2.05) is 0 Å². The molecule has 2 atom stereocenters. The lowest BCUT2D eigenvalue weighted by Crippen LogP contribution is -2.51. The first-order valence-electron chi connectivity index (χ1n) is 7.30. The zero-order valence-electron chi connectivity index (χ0n) is 12.1. The molecular formula is C16H26N2S. The number of nitrogens with one attached hydrogen (secondary N) is 1. The molecule has 106 valence electrons. The van der Waals surface area contributed by atoms with Gasteiger partial charge in [-0.2, -0.15) is 11.8 Å². The highest BCUT2D eigenvalue weighted by molar-refractivity contribution is 7.99. The number of hydrogen-bond acceptors (Lipinski definition) is 3. The largest absolute Gasteiger partial charge is 0.315 e. The normalized spacial score (nSPS) is 22.3. The maximum atomic E-state index is 3.53. The van der Waals surface area contributed by atoms with Crippen molar-refractivity contribution < 1.29 is 0 Å². The van der Waals surface area contributed by atoms with Crippen LogP contribution in [0.1, 0.15) is 18.4 Å². The molecule has 1 heterocycles. The number of thioether (sulfide) groups is 1. The summed E-state index contributed by atoms with van der Waals surface area (Å²) in [6.45, 7) is 1.23. The van der Waals surface area contributed by atoms with Gasteiger partial charge in [0.15, 0.2) is 0 Å². The number of hydrogen-bond donors (Lipinski definition) is 1. The Balaban J connectivity index is 1.79. The van der Waals surface area contributed by atoms with Gasteiger partial charge in [-0.05, 0) is 38.9 Å².